The highest BCUT2D eigenvalue weighted by molar-refractivity contribution is 7.16. The second kappa shape index (κ2) is 8.60. The number of nitrogens with one attached hydrogen (secondary N) is 1. The number of nitrogens with zero attached hydrogens (tertiary/aromatic N) is 2. The van der Waals surface area contributed by atoms with Gasteiger partial charge in [-0.3, -0.25) is 0 Å². The van der Waals surface area contributed by atoms with Crippen molar-refractivity contribution in [3.63, 3.8) is 0 Å². The summed E-state index contributed by atoms with van der Waals surface area (Å²) in [6.45, 7) is 2.44. The number of carboxylic acids is 1. The van der Waals surface area contributed by atoms with Crippen LogP contribution in [0.15, 0.2) is 48.0 Å². The number of aromatic carboxylic acids is 1. The first-order valence-electron chi connectivity index (χ1n) is 9.25. The van der Waals surface area contributed by atoms with E-state index in [1.165, 1.54) is 11.3 Å². The number of aromatic nitrogens is 2. The highest BCUT2D eigenvalue weighted by Crippen LogP contribution is 2.31. The van der Waals surface area contributed by atoms with Gasteiger partial charge in [0.15, 0.2) is 5.82 Å². The Kier molecular flexibility index (Phi) is 5.90. The average Bonchev–Trinajstić information content (AvgIpc) is 3.21. The van der Waals surface area contributed by atoms with Gasteiger partial charge in [-0.25, -0.2) is 14.8 Å². The topological polar surface area (TPSA) is 75.1 Å². The first-order valence-corrected chi connectivity index (χ1v) is 10.9. The lowest BCUT2D eigenvalue weighted by Crippen LogP contribution is -2.08. The molecule has 0 fully saturated rings. The minimum atomic E-state index is -0.993. The van der Waals surface area contributed by atoms with Crippen LogP contribution in [0.5, 0.6) is 0 Å². The molecule has 4 aromatic rings. The van der Waals surface area contributed by atoms with Crippen LogP contribution in [-0.4, -0.2) is 21.0 Å². The van der Waals surface area contributed by atoms with E-state index in [0.29, 0.717) is 40.0 Å². The zero-order chi connectivity index (χ0) is 21.3. The van der Waals surface area contributed by atoms with Gasteiger partial charge in [-0.05, 0) is 53.3 Å². The molecule has 152 valence electrons. The molecule has 8 heteroatoms. The van der Waals surface area contributed by atoms with Crippen molar-refractivity contribution in [3.8, 4) is 11.4 Å². The molecule has 0 aliphatic heterocycles. The number of carboxylic acid groups (broad SMARTS) is 1. The minimum Gasteiger partial charge on any atom is -0.478 e. The third-order valence-corrected chi connectivity index (χ3v) is 6.31. The monoisotopic (exact) mass is 457 g/mol. The third kappa shape index (κ3) is 4.12. The molecule has 5 nitrogen and oxygen atoms in total. The summed E-state index contributed by atoms with van der Waals surface area (Å²) in [5.74, 6) is -0.594. The van der Waals surface area contributed by atoms with E-state index >= 15 is 0 Å². The van der Waals surface area contributed by atoms with Crippen LogP contribution < -0.4 is 5.32 Å². The summed E-state index contributed by atoms with van der Waals surface area (Å²) < 4.78 is 0. The second-order valence-electron chi connectivity index (χ2n) is 6.69. The lowest BCUT2D eigenvalue weighted by Gasteiger charge is -2.15. The SMILES string of the molecule is CCc1cc(NCc2ccc(Cl)c(Cl)c2)cc(-c2ncc3ccsc3n2)c1C(=O)O. The first kappa shape index (κ1) is 20.6. The van der Waals surface area contributed by atoms with Crippen molar-refractivity contribution >= 4 is 56.4 Å². The van der Waals surface area contributed by atoms with Crippen molar-refractivity contribution in [3.05, 3.63) is 74.7 Å². The number of rotatable bonds is 6. The van der Waals surface area contributed by atoms with Gasteiger partial charge in [-0.2, -0.15) is 0 Å². The van der Waals surface area contributed by atoms with Gasteiger partial charge in [0.1, 0.15) is 4.83 Å². The zero-order valence-corrected chi connectivity index (χ0v) is 18.3. The molecule has 2 heterocycles. The Morgan fingerprint density at radius 2 is 2.00 bits per heavy atom. The number of fused-ring (bicyclic) bond motifs is 1. The van der Waals surface area contributed by atoms with E-state index in [-0.39, 0.29) is 5.56 Å². The van der Waals surface area contributed by atoms with Crippen molar-refractivity contribution < 1.29 is 9.90 Å². The van der Waals surface area contributed by atoms with Crippen LogP contribution in [0, 0.1) is 0 Å². The molecule has 0 amide bonds. The Hall–Kier alpha value is -2.67. The molecule has 0 spiro atoms. The molecule has 0 bridgehead atoms. The fraction of sp³-hybridized carbons (Fsp3) is 0.136. The third-order valence-electron chi connectivity index (χ3n) is 4.74. The van der Waals surface area contributed by atoms with E-state index in [4.69, 9.17) is 23.2 Å². The molecule has 0 saturated heterocycles. The predicted octanol–water partition coefficient (Wildman–Crippen LogP) is 6.54. The van der Waals surface area contributed by atoms with Crippen LogP contribution in [0.25, 0.3) is 21.6 Å². The van der Waals surface area contributed by atoms with Crippen LogP contribution in [0.1, 0.15) is 28.4 Å². The number of carbonyl (C=O) groups is 1. The Bertz CT molecular complexity index is 1260. The smallest absolute Gasteiger partial charge is 0.336 e. The van der Waals surface area contributed by atoms with Gasteiger partial charge in [-0.1, -0.05) is 36.2 Å². The van der Waals surface area contributed by atoms with Crippen molar-refractivity contribution in [2.24, 2.45) is 0 Å². The van der Waals surface area contributed by atoms with E-state index in [1.807, 2.05) is 30.5 Å². The summed E-state index contributed by atoms with van der Waals surface area (Å²) in [5.41, 5.74) is 3.18. The molecule has 2 N–H and O–H groups in total. The van der Waals surface area contributed by atoms with E-state index in [9.17, 15) is 9.90 Å². The fourth-order valence-electron chi connectivity index (χ4n) is 3.25. The highest BCUT2D eigenvalue weighted by atomic mass is 35.5. The molecule has 0 atom stereocenters. The van der Waals surface area contributed by atoms with Crippen LogP contribution in [-0.2, 0) is 13.0 Å². The van der Waals surface area contributed by atoms with Crippen molar-refractivity contribution in [1.82, 2.24) is 9.97 Å². The van der Waals surface area contributed by atoms with Crippen LogP contribution >= 0.6 is 34.5 Å². The Morgan fingerprint density at radius 3 is 2.73 bits per heavy atom. The second-order valence-corrected chi connectivity index (χ2v) is 8.40. The number of halogens is 2. The normalized spacial score (nSPS) is 11.0. The van der Waals surface area contributed by atoms with Gasteiger partial charge in [0, 0.05) is 29.4 Å². The van der Waals surface area contributed by atoms with Gasteiger partial charge in [-0.15, -0.1) is 11.3 Å². The first-order chi connectivity index (χ1) is 14.5. The molecule has 2 aromatic heterocycles. The fourth-order valence-corrected chi connectivity index (χ4v) is 4.31. The van der Waals surface area contributed by atoms with E-state index in [1.54, 1.807) is 24.4 Å². The maximum Gasteiger partial charge on any atom is 0.336 e. The largest absolute Gasteiger partial charge is 0.478 e. The summed E-state index contributed by atoms with van der Waals surface area (Å²) >= 11 is 13.6. The Morgan fingerprint density at radius 1 is 1.17 bits per heavy atom. The summed E-state index contributed by atoms with van der Waals surface area (Å²) in [5, 5.41) is 17.1. The molecular formula is C22H17Cl2N3O2S. The standard InChI is InChI=1S/C22H17Cl2N3O2S/c1-2-13-8-15(25-10-12-3-4-17(23)18(24)7-12)9-16(19(13)22(28)29)20-26-11-14-5-6-30-21(14)27-20/h3-9,11,25H,2,10H2,1H3,(H,28,29). The maximum absolute atomic E-state index is 12.0. The predicted molar refractivity (Wildman–Crippen MR) is 123 cm³/mol. The summed E-state index contributed by atoms with van der Waals surface area (Å²) in [4.78, 5) is 21.9. The highest BCUT2D eigenvalue weighted by Gasteiger charge is 2.20. The van der Waals surface area contributed by atoms with Crippen LogP contribution in [0.2, 0.25) is 10.0 Å². The van der Waals surface area contributed by atoms with Crippen LogP contribution in [0.4, 0.5) is 5.69 Å². The number of anilines is 1. The summed E-state index contributed by atoms with van der Waals surface area (Å²) in [6, 6.07) is 11.0. The average molecular weight is 458 g/mol. The number of benzene rings is 2. The zero-order valence-electron chi connectivity index (χ0n) is 15.9. The summed E-state index contributed by atoms with van der Waals surface area (Å²) in [6.07, 6.45) is 2.29. The molecule has 0 unspecified atom stereocenters. The van der Waals surface area contributed by atoms with Gasteiger partial charge in [0.2, 0.25) is 0 Å². The summed E-state index contributed by atoms with van der Waals surface area (Å²) in [7, 11) is 0. The van der Waals surface area contributed by atoms with Gasteiger partial charge in [0.25, 0.3) is 0 Å². The molecule has 0 aliphatic carbocycles. The van der Waals surface area contributed by atoms with Crippen molar-refractivity contribution in [2.75, 3.05) is 5.32 Å². The van der Waals surface area contributed by atoms with Crippen molar-refractivity contribution in [2.45, 2.75) is 19.9 Å². The Labute approximate surface area is 187 Å². The van der Waals surface area contributed by atoms with Crippen LogP contribution in [0.3, 0.4) is 0 Å². The molecule has 30 heavy (non-hydrogen) atoms. The van der Waals surface area contributed by atoms with Crippen molar-refractivity contribution in [1.29, 1.82) is 0 Å². The Balaban J connectivity index is 1.75. The van der Waals surface area contributed by atoms with E-state index < -0.39 is 5.97 Å². The maximum atomic E-state index is 12.0. The minimum absolute atomic E-state index is 0.230. The molecule has 0 aliphatic rings. The molecule has 0 radical (unpaired) electrons. The molecule has 0 saturated carbocycles. The number of hydrogen-bond donors (Lipinski definition) is 2. The van der Waals surface area contributed by atoms with Gasteiger partial charge >= 0.3 is 5.97 Å². The molecule has 2 aromatic carbocycles. The van der Waals surface area contributed by atoms with Gasteiger partial charge < -0.3 is 10.4 Å². The lowest BCUT2D eigenvalue weighted by atomic mass is 9.97. The van der Waals surface area contributed by atoms with E-state index in [2.05, 4.69) is 15.3 Å². The molecular weight excluding hydrogens is 441 g/mol. The molecule has 4 rings (SSSR count). The van der Waals surface area contributed by atoms with E-state index in [0.717, 1.165) is 21.5 Å². The number of thiophene rings is 1. The quantitative estimate of drug-likeness (QED) is 0.343. The number of hydrogen-bond acceptors (Lipinski definition) is 5. The lowest BCUT2D eigenvalue weighted by molar-refractivity contribution is 0.0696. The number of aryl methyl sites for hydroxylation is 1. The van der Waals surface area contributed by atoms with Gasteiger partial charge in [0.05, 0.1) is 15.6 Å².